The Kier molecular flexibility index (Phi) is 4.48. The maximum Gasteiger partial charge on any atom is 0.140 e. The van der Waals surface area contributed by atoms with Gasteiger partial charge in [-0.2, -0.15) is 0 Å². The highest BCUT2D eigenvalue weighted by molar-refractivity contribution is 5.81. The van der Waals surface area contributed by atoms with Gasteiger partial charge in [-0.05, 0) is 32.0 Å². The smallest absolute Gasteiger partial charge is 0.140 e. The van der Waals surface area contributed by atoms with E-state index in [1.165, 1.54) is 19.3 Å². The van der Waals surface area contributed by atoms with Crippen LogP contribution in [0, 0.1) is 0 Å². The van der Waals surface area contributed by atoms with Gasteiger partial charge in [-0.15, -0.1) is 0 Å². The van der Waals surface area contributed by atoms with Crippen molar-refractivity contribution in [2.24, 2.45) is 0 Å². The molecule has 1 saturated carbocycles. The summed E-state index contributed by atoms with van der Waals surface area (Å²) in [5.41, 5.74) is 0.925. The van der Waals surface area contributed by atoms with Gasteiger partial charge in [0.1, 0.15) is 5.78 Å². The zero-order valence-corrected chi connectivity index (χ0v) is 11.1. The Morgan fingerprint density at radius 1 is 1.33 bits per heavy atom. The van der Waals surface area contributed by atoms with Crippen LogP contribution in [0.3, 0.4) is 0 Å². The fraction of sp³-hybridized carbons (Fsp3) is 0.600. The van der Waals surface area contributed by atoms with Crippen molar-refractivity contribution in [2.75, 3.05) is 7.05 Å². The first kappa shape index (κ1) is 13.2. The lowest BCUT2D eigenvalue weighted by atomic mass is 9.78. The predicted molar refractivity (Wildman–Crippen MR) is 72.4 cm³/mol. The minimum absolute atomic E-state index is 0.0457. The molecule has 3 heteroatoms. The van der Waals surface area contributed by atoms with E-state index in [2.05, 4.69) is 10.3 Å². The van der Waals surface area contributed by atoms with Gasteiger partial charge in [-0.25, -0.2) is 0 Å². The molecule has 0 spiro atoms. The monoisotopic (exact) mass is 246 g/mol. The van der Waals surface area contributed by atoms with Crippen LogP contribution in [0.2, 0.25) is 0 Å². The number of pyridine rings is 1. The number of carbonyl (C=O) groups excluding carboxylic acids is 1. The van der Waals surface area contributed by atoms with E-state index in [1.54, 1.807) is 6.20 Å². The molecule has 1 aliphatic carbocycles. The summed E-state index contributed by atoms with van der Waals surface area (Å²) in [5, 5.41) is 3.39. The standard InChI is InChI=1S/C15H22N2O/c1-16-15(8-4-2-5-9-15)12-14(18)11-13-7-3-6-10-17-13/h3,6-7,10,16H,2,4-5,8-9,11-12H2,1H3. The first-order valence-corrected chi connectivity index (χ1v) is 6.85. The summed E-state index contributed by atoms with van der Waals surface area (Å²) < 4.78 is 0. The van der Waals surface area contributed by atoms with Crippen LogP contribution < -0.4 is 5.32 Å². The van der Waals surface area contributed by atoms with Crippen LogP contribution >= 0.6 is 0 Å². The number of carbonyl (C=O) groups is 1. The number of Topliss-reactive ketones (excluding diaryl/α,β-unsaturated/α-hetero) is 1. The van der Waals surface area contributed by atoms with E-state index >= 15 is 0 Å². The molecule has 0 aromatic carbocycles. The van der Waals surface area contributed by atoms with Crippen LogP contribution in [0.4, 0.5) is 0 Å². The number of rotatable bonds is 5. The SMILES string of the molecule is CNC1(CC(=O)Cc2ccccn2)CCCCC1. The Morgan fingerprint density at radius 2 is 2.11 bits per heavy atom. The van der Waals surface area contributed by atoms with E-state index in [1.807, 2.05) is 25.2 Å². The minimum Gasteiger partial charge on any atom is -0.314 e. The van der Waals surface area contributed by atoms with Gasteiger partial charge in [0, 0.05) is 30.3 Å². The quantitative estimate of drug-likeness (QED) is 0.868. The van der Waals surface area contributed by atoms with E-state index in [0.717, 1.165) is 18.5 Å². The number of aromatic nitrogens is 1. The second-order valence-corrected chi connectivity index (χ2v) is 5.30. The molecule has 0 aliphatic heterocycles. The summed E-state index contributed by atoms with van der Waals surface area (Å²) in [6.07, 6.45) is 8.86. The summed E-state index contributed by atoms with van der Waals surface area (Å²) in [7, 11) is 1.99. The van der Waals surface area contributed by atoms with Gasteiger partial charge in [0.2, 0.25) is 0 Å². The van der Waals surface area contributed by atoms with Crippen molar-refractivity contribution in [2.45, 2.75) is 50.5 Å². The molecule has 0 atom stereocenters. The zero-order valence-electron chi connectivity index (χ0n) is 11.1. The second kappa shape index (κ2) is 6.10. The minimum atomic E-state index is 0.0457. The molecular formula is C15H22N2O. The zero-order chi connectivity index (χ0) is 12.8. The third-order valence-corrected chi connectivity index (χ3v) is 3.98. The molecule has 1 fully saturated rings. The summed E-state index contributed by atoms with van der Waals surface area (Å²) >= 11 is 0. The topological polar surface area (TPSA) is 42.0 Å². The van der Waals surface area contributed by atoms with Crippen LogP contribution in [0.5, 0.6) is 0 Å². The van der Waals surface area contributed by atoms with Crippen molar-refractivity contribution in [1.29, 1.82) is 0 Å². The van der Waals surface area contributed by atoms with Crippen LogP contribution in [-0.4, -0.2) is 23.4 Å². The number of nitrogens with zero attached hydrogens (tertiary/aromatic N) is 1. The first-order chi connectivity index (χ1) is 8.74. The summed E-state index contributed by atoms with van der Waals surface area (Å²) in [5.74, 6) is 0.296. The van der Waals surface area contributed by atoms with Crippen molar-refractivity contribution >= 4 is 5.78 Å². The molecule has 0 radical (unpaired) electrons. The number of nitrogens with one attached hydrogen (secondary N) is 1. The summed E-state index contributed by atoms with van der Waals surface area (Å²) in [6, 6.07) is 5.74. The third kappa shape index (κ3) is 3.39. The van der Waals surface area contributed by atoms with Gasteiger partial charge in [0.05, 0.1) is 0 Å². The van der Waals surface area contributed by atoms with Crippen LogP contribution in [0.25, 0.3) is 0 Å². The molecule has 1 aromatic rings. The van der Waals surface area contributed by atoms with Crippen molar-refractivity contribution in [1.82, 2.24) is 10.3 Å². The predicted octanol–water partition coefficient (Wildman–Crippen LogP) is 2.51. The summed E-state index contributed by atoms with van der Waals surface area (Å²) in [6.45, 7) is 0. The molecule has 98 valence electrons. The average molecular weight is 246 g/mol. The fourth-order valence-corrected chi connectivity index (χ4v) is 2.89. The Hall–Kier alpha value is -1.22. The van der Waals surface area contributed by atoms with Crippen molar-refractivity contribution in [3.8, 4) is 0 Å². The fourth-order valence-electron chi connectivity index (χ4n) is 2.89. The number of hydrogen-bond acceptors (Lipinski definition) is 3. The molecule has 0 unspecified atom stereocenters. The maximum absolute atomic E-state index is 12.2. The van der Waals surface area contributed by atoms with Gasteiger partial charge in [0.15, 0.2) is 0 Å². The highest BCUT2D eigenvalue weighted by Crippen LogP contribution is 2.31. The first-order valence-electron chi connectivity index (χ1n) is 6.85. The molecule has 0 amide bonds. The van der Waals surface area contributed by atoms with E-state index in [0.29, 0.717) is 18.6 Å². The van der Waals surface area contributed by atoms with E-state index in [9.17, 15) is 4.79 Å². The molecule has 1 aliphatic rings. The average Bonchev–Trinajstić information content (AvgIpc) is 2.41. The lowest BCUT2D eigenvalue weighted by Gasteiger charge is -2.36. The highest BCUT2D eigenvalue weighted by atomic mass is 16.1. The Labute approximate surface area is 109 Å². The van der Waals surface area contributed by atoms with Crippen molar-refractivity contribution in [3.63, 3.8) is 0 Å². The van der Waals surface area contributed by atoms with Crippen LogP contribution in [-0.2, 0) is 11.2 Å². The van der Waals surface area contributed by atoms with Crippen molar-refractivity contribution in [3.05, 3.63) is 30.1 Å². The van der Waals surface area contributed by atoms with Crippen LogP contribution in [0.1, 0.15) is 44.2 Å². The molecule has 3 nitrogen and oxygen atoms in total. The highest BCUT2D eigenvalue weighted by Gasteiger charge is 2.32. The number of hydrogen-bond donors (Lipinski definition) is 1. The van der Waals surface area contributed by atoms with E-state index < -0.39 is 0 Å². The largest absolute Gasteiger partial charge is 0.314 e. The van der Waals surface area contributed by atoms with Crippen molar-refractivity contribution < 1.29 is 4.79 Å². The molecule has 0 bridgehead atoms. The molecule has 1 heterocycles. The number of ketones is 1. The Balaban J connectivity index is 1.93. The molecule has 1 aromatic heterocycles. The Bertz CT molecular complexity index is 383. The molecule has 1 N–H and O–H groups in total. The van der Waals surface area contributed by atoms with Gasteiger partial charge in [-0.1, -0.05) is 25.3 Å². The lowest BCUT2D eigenvalue weighted by Crippen LogP contribution is -2.46. The summed E-state index contributed by atoms with van der Waals surface area (Å²) in [4.78, 5) is 16.4. The van der Waals surface area contributed by atoms with Gasteiger partial charge in [0.25, 0.3) is 0 Å². The van der Waals surface area contributed by atoms with Crippen LogP contribution in [0.15, 0.2) is 24.4 Å². The maximum atomic E-state index is 12.2. The second-order valence-electron chi connectivity index (χ2n) is 5.30. The van der Waals surface area contributed by atoms with Gasteiger partial charge in [-0.3, -0.25) is 9.78 Å². The lowest BCUT2D eigenvalue weighted by molar-refractivity contribution is -0.120. The molecular weight excluding hydrogens is 224 g/mol. The molecule has 0 saturated heterocycles. The van der Waals surface area contributed by atoms with E-state index in [4.69, 9.17) is 0 Å². The normalized spacial score (nSPS) is 18.5. The third-order valence-electron chi connectivity index (χ3n) is 3.98. The Morgan fingerprint density at radius 3 is 2.72 bits per heavy atom. The van der Waals surface area contributed by atoms with E-state index in [-0.39, 0.29) is 5.54 Å². The molecule has 18 heavy (non-hydrogen) atoms. The van der Waals surface area contributed by atoms with Gasteiger partial charge >= 0.3 is 0 Å². The van der Waals surface area contributed by atoms with Gasteiger partial charge < -0.3 is 5.32 Å². The molecule has 2 rings (SSSR count).